The molecule has 2 aromatic carbocycles. The van der Waals surface area contributed by atoms with Gasteiger partial charge in [-0.05, 0) is 42.0 Å². The summed E-state index contributed by atoms with van der Waals surface area (Å²) in [5, 5.41) is 16.4. The molecule has 0 radical (unpaired) electrons. The van der Waals surface area contributed by atoms with Crippen LogP contribution in [0.3, 0.4) is 0 Å². The highest BCUT2D eigenvalue weighted by molar-refractivity contribution is 8.14. The van der Waals surface area contributed by atoms with E-state index in [1.807, 2.05) is 0 Å². The van der Waals surface area contributed by atoms with E-state index in [1.165, 1.54) is 36.4 Å². The van der Waals surface area contributed by atoms with Crippen molar-refractivity contribution in [1.82, 2.24) is 5.32 Å². The summed E-state index contributed by atoms with van der Waals surface area (Å²) in [7, 11) is 0. The average Bonchev–Trinajstić information content (AvgIpc) is 2.66. The number of thioether (sulfide) groups is 1. The van der Waals surface area contributed by atoms with Crippen LogP contribution in [0.25, 0.3) is 0 Å². The Morgan fingerprint density at radius 1 is 1.22 bits per heavy atom. The number of hydrazine groups is 1. The van der Waals surface area contributed by atoms with E-state index < -0.39 is 5.97 Å². The molecule has 142 valence electrons. The van der Waals surface area contributed by atoms with Crippen molar-refractivity contribution in [3.63, 3.8) is 0 Å². The fourth-order valence-corrected chi connectivity index (χ4v) is 2.75. The number of aromatic carboxylic acids is 1. The lowest BCUT2D eigenvalue weighted by molar-refractivity contribution is -0.118. The Morgan fingerprint density at radius 2 is 1.93 bits per heavy atom. The molecule has 0 saturated carbocycles. The van der Waals surface area contributed by atoms with E-state index in [1.54, 1.807) is 12.1 Å². The third kappa shape index (κ3) is 5.97. The molecule has 0 fully saturated rings. The Hall–Kier alpha value is -3.11. The zero-order chi connectivity index (χ0) is 19.8. The minimum atomic E-state index is -1.05. The second kappa shape index (κ2) is 9.55. The van der Waals surface area contributed by atoms with Gasteiger partial charge in [0.25, 0.3) is 0 Å². The maximum atomic E-state index is 13.1. The SMILES string of the molecule is N/N=C(/SCC(=O)NCc1cccc(F)c1)N(N)c1ccc(C(=O)O)cc1. The number of hydrogen-bond acceptors (Lipinski definition) is 6. The number of anilines is 1. The fraction of sp³-hybridized carbons (Fsp3) is 0.118. The molecule has 0 spiro atoms. The van der Waals surface area contributed by atoms with Crippen molar-refractivity contribution in [1.29, 1.82) is 0 Å². The minimum Gasteiger partial charge on any atom is -0.478 e. The molecule has 2 aromatic rings. The fourth-order valence-electron chi connectivity index (χ4n) is 2.07. The smallest absolute Gasteiger partial charge is 0.335 e. The number of halogens is 1. The van der Waals surface area contributed by atoms with Crippen LogP contribution < -0.4 is 22.0 Å². The molecule has 0 unspecified atom stereocenters. The Bertz CT molecular complexity index is 845. The van der Waals surface area contributed by atoms with Gasteiger partial charge in [-0.3, -0.25) is 9.80 Å². The number of rotatable bonds is 6. The van der Waals surface area contributed by atoms with Crippen LogP contribution >= 0.6 is 11.8 Å². The number of carbonyl (C=O) groups excluding carboxylic acids is 1. The Kier molecular flexibility index (Phi) is 7.15. The normalized spacial score (nSPS) is 11.1. The van der Waals surface area contributed by atoms with Crippen molar-refractivity contribution in [2.24, 2.45) is 16.8 Å². The van der Waals surface area contributed by atoms with Crippen molar-refractivity contribution in [2.45, 2.75) is 6.54 Å². The van der Waals surface area contributed by atoms with Crippen molar-refractivity contribution >= 4 is 34.5 Å². The number of nitrogens with two attached hydrogens (primary N) is 2. The quantitative estimate of drug-likeness (QED) is 0.254. The third-order valence-corrected chi connectivity index (χ3v) is 4.39. The van der Waals surface area contributed by atoms with Crippen molar-refractivity contribution in [3.05, 3.63) is 65.5 Å². The second-order valence-electron chi connectivity index (χ2n) is 5.33. The van der Waals surface area contributed by atoms with Crippen LogP contribution in [0.1, 0.15) is 15.9 Å². The molecule has 0 aliphatic rings. The van der Waals surface area contributed by atoms with E-state index in [0.717, 1.165) is 16.8 Å². The van der Waals surface area contributed by atoms with E-state index in [9.17, 15) is 14.0 Å². The average molecular weight is 391 g/mol. The number of amides is 1. The lowest BCUT2D eigenvalue weighted by atomic mass is 10.2. The van der Waals surface area contributed by atoms with Gasteiger partial charge in [-0.25, -0.2) is 15.0 Å². The van der Waals surface area contributed by atoms with E-state index in [0.29, 0.717) is 11.3 Å². The summed E-state index contributed by atoms with van der Waals surface area (Å²) in [6.07, 6.45) is 0. The number of carbonyl (C=O) groups is 2. The summed E-state index contributed by atoms with van der Waals surface area (Å²) >= 11 is 1.00. The summed E-state index contributed by atoms with van der Waals surface area (Å²) in [4.78, 5) is 22.8. The van der Waals surface area contributed by atoms with Crippen LogP contribution in [0.4, 0.5) is 10.1 Å². The number of amidine groups is 1. The monoisotopic (exact) mass is 391 g/mol. The van der Waals surface area contributed by atoms with Gasteiger partial charge in [0, 0.05) is 6.54 Å². The van der Waals surface area contributed by atoms with Crippen molar-refractivity contribution in [3.8, 4) is 0 Å². The van der Waals surface area contributed by atoms with E-state index in [4.69, 9.17) is 16.8 Å². The molecule has 6 N–H and O–H groups in total. The molecule has 0 bridgehead atoms. The highest BCUT2D eigenvalue weighted by Crippen LogP contribution is 2.17. The van der Waals surface area contributed by atoms with Gasteiger partial charge in [-0.15, -0.1) is 0 Å². The van der Waals surface area contributed by atoms with Gasteiger partial charge in [0.15, 0.2) is 0 Å². The molecule has 8 nitrogen and oxygen atoms in total. The summed E-state index contributed by atoms with van der Waals surface area (Å²) in [6.45, 7) is 0.190. The van der Waals surface area contributed by atoms with E-state index >= 15 is 0 Å². The predicted molar refractivity (Wildman–Crippen MR) is 102 cm³/mol. The Labute approximate surface area is 159 Å². The van der Waals surface area contributed by atoms with Crippen molar-refractivity contribution < 1.29 is 19.1 Å². The molecule has 27 heavy (non-hydrogen) atoms. The third-order valence-electron chi connectivity index (χ3n) is 3.42. The molecule has 0 saturated heterocycles. The number of benzene rings is 2. The van der Waals surface area contributed by atoms with Gasteiger partial charge < -0.3 is 16.3 Å². The van der Waals surface area contributed by atoms with Crippen LogP contribution in [0.2, 0.25) is 0 Å². The van der Waals surface area contributed by atoms with E-state index in [-0.39, 0.29) is 34.8 Å². The summed E-state index contributed by atoms with van der Waals surface area (Å²) < 4.78 is 13.1. The molecular formula is C17H18FN5O3S. The number of nitrogens with one attached hydrogen (secondary N) is 1. The van der Waals surface area contributed by atoms with Gasteiger partial charge >= 0.3 is 5.97 Å². The van der Waals surface area contributed by atoms with E-state index in [2.05, 4.69) is 10.4 Å². The number of nitrogens with zero attached hydrogens (tertiary/aromatic N) is 2. The highest BCUT2D eigenvalue weighted by atomic mass is 32.2. The molecule has 0 atom stereocenters. The molecule has 0 aromatic heterocycles. The number of hydrazone groups is 1. The highest BCUT2D eigenvalue weighted by Gasteiger charge is 2.14. The molecule has 0 aliphatic carbocycles. The summed E-state index contributed by atoms with van der Waals surface area (Å²) in [6, 6.07) is 11.7. The first kappa shape index (κ1) is 20.2. The van der Waals surface area contributed by atoms with Crippen LogP contribution in [-0.2, 0) is 11.3 Å². The van der Waals surface area contributed by atoms with Crippen LogP contribution in [0.15, 0.2) is 53.6 Å². The predicted octanol–water partition coefficient (Wildman–Crippen LogP) is 1.48. The van der Waals surface area contributed by atoms with Crippen LogP contribution in [0.5, 0.6) is 0 Å². The molecule has 10 heteroatoms. The first-order valence-electron chi connectivity index (χ1n) is 7.70. The largest absolute Gasteiger partial charge is 0.478 e. The summed E-state index contributed by atoms with van der Waals surface area (Å²) in [5.74, 6) is 9.52. The van der Waals surface area contributed by atoms with Gasteiger partial charge in [0.2, 0.25) is 11.1 Å². The Morgan fingerprint density at radius 3 is 2.52 bits per heavy atom. The molecular weight excluding hydrogens is 373 g/mol. The minimum absolute atomic E-state index is 0.00768. The van der Waals surface area contributed by atoms with Gasteiger partial charge in [-0.1, -0.05) is 23.9 Å². The molecule has 0 aliphatic heterocycles. The number of hydrogen-bond donors (Lipinski definition) is 4. The first-order valence-corrected chi connectivity index (χ1v) is 8.69. The lowest BCUT2D eigenvalue weighted by Crippen LogP contribution is -2.37. The zero-order valence-electron chi connectivity index (χ0n) is 14.1. The van der Waals surface area contributed by atoms with Crippen LogP contribution in [-0.4, -0.2) is 27.9 Å². The number of carboxylic acid groups (broad SMARTS) is 1. The standard InChI is InChI=1S/C17H18FN5O3S/c18-13-3-1-2-11(8-13)9-21-15(24)10-27-17(22-19)23(20)14-6-4-12(5-7-14)16(25)26/h1-8H,9-10,19-20H2,(H,21,24)(H,25,26)/b22-17+. The first-order chi connectivity index (χ1) is 12.9. The summed E-state index contributed by atoms with van der Waals surface area (Å²) in [5.41, 5.74) is 1.21. The van der Waals surface area contributed by atoms with Gasteiger partial charge in [0.05, 0.1) is 17.0 Å². The van der Waals surface area contributed by atoms with Gasteiger partial charge in [-0.2, -0.15) is 5.10 Å². The lowest BCUT2D eigenvalue weighted by Gasteiger charge is -2.19. The zero-order valence-corrected chi connectivity index (χ0v) is 14.9. The second-order valence-corrected chi connectivity index (χ2v) is 6.27. The Balaban J connectivity index is 1.88. The topological polar surface area (TPSA) is 134 Å². The van der Waals surface area contributed by atoms with Crippen molar-refractivity contribution in [2.75, 3.05) is 10.8 Å². The molecule has 2 rings (SSSR count). The molecule has 0 heterocycles. The van der Waals surface area contributed by atoms with Crippen LogP contribution in [0, 0.1) is 5.82 Å². The van der Waals surface area contributed by atoms with Gasteiger partial charge in [0.1, 0.15) is 5.82 Å². The maximum absolute atomic E-state index is 13.1. The number of carboxylic acids is 1. The maximum Gasteiger partial charge on any atom is 0.335 e. The molecule has 1 amide bonds.